The van der Waals surface area contributed by atoms with Crippen LogP contribution in [-0.4, -0.2) is 41.8 Å². The van der Waals surface area contributed by atoms with Gasteiger partial charge in [0.15, 0.2) is 11.9 Å². The molecule has 2 aliphatic heterocycles. The quantitative estimate of drug-likeness (QED) is 0.840. The maximum atomic E-state index is 12.8. The van der Waals surface area contributed by atoms with E-state index in [0.717, 1.165) is 0 Å². The molecular formula is C16H19N3O4. The van der Waals surface area contributed by atoms with Crippen LogP contribution in [0.25, 0.3) is 0 Å². The fourth-order valence-corrected chi connectivity index (χ4v) is 2.93. The summed E-state index contributed by atoms with van der Waals surface area (Å²) in [6.45, 7) is 2.61. The Morgan fingerprint density at radius 1 is 1.30 bits per heavy atom. The van der Waals surface area contributed by atoms with Crippen LogP contribution >= 0.6 is 0 Å². The normalized spacial score (nSPS) is 21.2. The standard InChI is InChI=1S/C16H19N3O4/c1-9-15(21)18-12-4-2-3-11(13(12)23-9)16(22)19-7-5-10(6-8-19)14(17)20/h2-4,9-10H,5-8H2,1H3,(H2,17,20)(H,18,21). The molecular weight excluding hydrogens is 298 g/mol. The Balaban J connectivity index is 1.80. The number of ether oxygens (including phenoxy) is 1. The van der Waals surface area contributed by atoms with E-state index in [1.165, 1.54) is 0 Å². The van der Waals surface area contributed by atoms with E-state index >= 15 is 0 Å². The van der Waals surface area contributed by atoms with Crippen LogP contribution in [0, 0.1) is 5.92 Å². The highest BCUT2D eigenvalue weighted by Crippen LogP contribution is 2.34. The zero-order chi connectivity index (χ0) is 16.6. The first-order chi connectivity index (χ1) is 11.0. The maximum absolute atomic E-state index is 12.8. The van der Waals surface area contributed by atoms with Crippen LogP contribution in [0.1, 0.15) is 30.1 Å². The van der Waals surface area contributed by atoms with Crippen molar-refractivity contribution in [1.29, 1.82) is 0 Å². The summed E-state index contributed by atoms with van der Waals surface area (Å²) in [5.41, 5.74) is 6.25. The van der Waals surface area contributed by atoms with Crippen molar-refractivity contribution in [1.82, 2.24) is 4.90 Å². The van der Waals surface area contributed by atoms with E-state index in [1.54, 1.807) is 30.0 Å². The molecule has 1 aromatic rings. The lowest BCUT2D eigenvalue weighted by Crippen LogP contribution is -2.42. The lowest BCUT2D eigenvalue weighted by atomic mass is 9.95. The molecule has 1 saturated heterocycles. The summed E-state index contributed by atoms with van der Waals surface area (Å²) in [6.07, 6.45) is 0.505. The van der Waals surface area contributed by atoms with Gasteiger partial charge in [0, 0.05) is 19.0 Å². The zero-order valence-electron chi connectivity index (χ0n) is 12.9. The van der Waals surface area contributed by atoms with Gasteiger partial charge in [0.2, 0.25) is 5.91 Å². The Morgan fingerprint density at radius 2 is 2.00 bits per heavy atom. The van der Waals surface area contributed by atoms with Gasteiger partial charge in [-0.3, -0.25) is 14.4 Å². The van der Waals surface area contributed by atoms with Gasteiger partial charge in [0.25, 0.3) is 11.8 Å². The molecule has 2 heterocycles. The van der Waals surface area contributed by atoms with Crippen LogP contribution in [0.2, 0.25) is 0 Å². The third-order valence-corrected chi connectivity index (χ3v) is 4.35. The molecule has 1 fully saturated rings. The van der Waals surface area contributed by atoms with Crippen molar-refractivity contribution in [3.05, 3.63) is 23.8 Å². The summed E-state index contributed by atoms with van der Waals surface area (Å²) in [5, 5.41) is 2.73. The molecule has 0 aliphatic carbocycles. The van der Waals surface area contributed by atoms with Crippen LogP contribution < -0.4 is 15.8 Å². The first kappa shape index (κ1) is 15.3. The number of hydrogen-bond acceptors (Lipinski definition) is 4. The van der Waals surface area contributed by atoms with Gasteiger partial charge >= 0.3 is 0 Å². The maximum Gasteiger partial charge on any atom is 0.265 e. The summed E-state index contributed by atoms with van der Waals surface area (Å²) < 4.78 is 5.61. The third-order valence-electron chi connectivity index (χ3n) is 4.35. The van der Waals surface area contributed by atoms with Crippen molar-refractivity contribution in [2.45, 2.75) is 25.9 Å². The number of para-hydroxylation sites is 1. The first-order valence-corrected chi connectivity index (χ1v) is 7.66. The zero-order valence-corrected chi connectivity index (χ0v) is 12.9. The van der Waals surface area contributed by atoms with E-state index in [9.17, 15) is 14.4 Å². The molecule has 2 aliphatic rings. The molecule has 1 unspecified atom stereocenters. The minimum absolute atomic E-state index is 0.159. The monoisotopic (exact) mass is 317 g/mol. The number of primary amides is 1. The molecule has 1 atom stereocenters. The molecule has 23 heavy (non-hydrogen) atoms. The Bertz CT molecular complexity index is 665. The van der Waals surface area contributed by atoms with Gasteiger partial charge in [-0.05, 0) is 31.9 Å². The number of piperidine rings is 1. The van der Waals surface area contributed by atoms with E-state index in [-0.39, 0.29) is 23.6 Å². The van der Waals surface area contributed by atoms with Gasteiger partial charge in [-0.25, -0.2) is 0 Å². The van der Waals surface area contributed by atoms with Gasteiger partial charge in [0.05, 0.1) is 11.3 Å². The second kappa shape index (κ2) is 5.91. The molecule has 7 heteroatoms. The number of nitrogens with one attached hydrogen (secondary N) is 1. The topological polar surface area (TPSA) is 102 Å². The molecule has 0 spiro atoms. The summed E-state index contributed by atoms with van der Waals surface area (Å²) in [4.78, 5) is 37.3. The Hall–Kier alpha value is -2.57. The number of nitrogens with two attached hydrogens (primary N) is 1. The number of fused-ring (bicyclic) bond motifs is 1. The number of likely N-dealkylation sites (tertiary alicyclic amines) is 1. The largest absolute Gasteiger partial charge is 0.478 e. The van der Waals surface area contributed by atoms with E-state index < -0.39 is 6.10 Å². The number of carbonyl (C=O) groups excluding carboxylic acids is 3. The SMILES string of the molecule is CC1Oc2c(cccc2C(=O)N2CCC(C(N)=O)CC2)NC1=O. The third kappa shape index (κ3) is 2.86. The van der Waals surface area contributed by atoms with Crippen molar-refractivity contribution in [2.24, 2.45) is 11.7 Å². The summed E-state index contributed by atoms with van der Waals surface area (Å²) in [5.74, 6) is -0.465. The first-order valence-electron chi connectivity index (χ1n) is 7.66. The molecule has 3 rings (SSSR count). The number of carbonyl (C=O) groups is 3. The average molecular weight is 317 g/mol. The number of benzene rings is 1. The molecule has 0 saturated carbocycles. The van der Waals surface area contributed by atoms with Gasteiger partial charge in [-0.2, -0.15) is 0 Å². The summed E-state index contributed by atoms with van der Waals surface area (Å²) >= 11 is 0. The minimum Gasteiger partial charge on any atom is -0.478 e. The molecule has 1 aromatic carbocycles. The van der Waals surface area contributed by atoms with Crippen LogP contribution in [0.3, 0.4) is 0 Å². The lowest BCUT2D eigenvalue weighted by molar-refractivity contribution is -0.123. The van der Waals surface area contributed by atoms with E-state index in [1.807, 2.05) is 0 Å². The van der Waals surface area contributed by atoms with Crippen LogP contribution in [0.4, 0.5) is 5.69 Å². The number of hydrogen-bond donors (Lipinski definition) is 2. The van der Waals surface area contributed by atoms with E-state index in [2.05, 4.69) is 5.32 Å². The fourth-order valence-electron chi connectivity index (χ4n) is 2.93. The Morgan fingerprint density at radius 3 is 2.65 bits per heavy atom. The average Bonchev–Trinajstić information content (AvgIpc) is 2.55. The molecule has 0 aromatic heterocycles. The molecule has 7 nitrogen and oxygen atoms in total. The fraction of sp³-hybridized carbons (Fsp3) is 0.438. The molecule has 0 radical (unpaired) electrons. The van der Waals surface area contributed by atoms with Crippen LogP contribution in [0.5, 0.6) is 5.75 Å². The number of rotatable bonds is 2. The van der Waals surface area contributed by atoms with Crippen molar-refractivity contribution in [3.8, 4) is 5.75 Å². The predicted octanol–water partition coefficient (Wildman–Crippen LogP) is 0.744. The minimum atomic E-state index is -0.642. The Labute approximate surface area is 133 Å². The van der Waals surface area contributed by atoms with Crippen molar-refractivity contribution in [3.63, 3.8) is 0 Å². The van der Waals surface area contributed by atoms with Crippen molar-refractivity contribution < 1.29 is 19.1 Å². The molecule has 3 amide bonds. The van der Waals surface area contributed by atoms with Gasteiger partial charge in [-0.15, -0.1) is 0 Å². The molecule has 122 valence electrons. The lowest BCUT2D eigenvalue weighted by Gasteiger charge is -2.32. The van der Waals surface area contributed by atoms with Crippen LogP contribution in [-0.2, 0) is 9.59 Å². The predicted molar refractivity (Wildman–Crippen MR) is 83.0 cm³/mol. The van der Waals surface area contributed by atoms with E-state index in [4.69, 9.17) is 10.5 Å². The van der Waals surface area contributed by atoms with E-state index in [0.29, 0.717) is 42.9 Å². The second-order valence-electron chi connectivity index (χ2n) is 5.90. The highest BCUT2D eigenvalue weighted by molar-refractivity contribution is 6.04. The van der Waals surface area contributed by atoms with Gasteiger partial charge in [-0.1, -0.05) is 6.07 Å². The van der Waals surface area contributed by atoms with Crippen molar-refractivity contribution >= 4 is 23.4 Å². The molecule has 3 N–H and O–H groups in total. The Kier molecular flexibility index (Phi) is 3.94. The summed E-state index contributed by atoms with van der Waals surface area (Å²) in [6, 6.07) is 5.10. The number of nitrogens with zero attached hydrogens (tertiary/aromatic N) is 1. The van der Waals surface area contributed by atoms with Crippen LogP contribution in [0.15, 0.2) is 18.2 Å². The highest BCUT2D eigenvalue weighted by atomic mass is 16.5. The highest BCUT2D eigenvalue weighted by Gasteiger charge is 2.31. The number of amides is 3. The molecule has 0 bridgehead atoms. The summed E-state index contributed by atoms with van der Waals surface area (Å²) in [7, 11) is 0. The second-order valence-corrected chi connectivity index (χ2v) is 5.90. The number of anilines is 1. The smallest absolute Gasteiger partial charge is 0.265 e. The van der Waals surface area contributed by atoms with Gasteiger partial charge < -0.3 is 20.7 Å². The van der Waals surface area contributed by atoms with Gasteiger partial charge in [0.1, 0.15) is 0 Å². The van der Waals surface area contributed by atoms with Crippen molar-refractivity contribution in [2.75, 3.05) is 18.4 Å².